The first kappa shape index (κ1) is 11.9. The SMILES string of the molecule is Cc1cccc(C(=O)CNC(C)C)c1C. The zero-order valence-electron chi connectivity index (χ0n) is 9.92. The van der Waals surface area contributed by atoms with E-state index in [9.17, 15) is 4.79 Å². The molecule has 0 radical (unpaired) electrons. The summed E-state index contributed by atoms with van der Waals surface area (Å²) in [4.78, 5) is 11.9. The summed E-state index contributed by atoms with van der Waals surface area (Å²) in [7, 11) is 0. The molecule has 82 valence electrons. The molecule has 0 saturated heterocycles. The summed E-state index contributed by atoms with van der Waals surface area (Å²) in [6.07, 6.45) is 0. The van der Waals surface area contributed by atoms with Crippen LogP contribution in [0, 0.1) is 13.8 Å². The summed E-state index contributed by atoms with van der Waals surface area (Å²) in [6.45, 7) is 8.52. The first-order valence-corrected chi connectivity index (χ1v) is 5.35. The summed E-state index contributed by atoms with van der Waals surface area (Å²) in [5.74, 6) is 0.171. The molecular weight excluding hydrogens is 186 g/mol. The summed E-state index contributed by atoms with van der Waals surface area (Å²) in [6, 6.07) is 6.21. The van der Waals surface area contributed by atoms with E-state index in [0.717, 1.165) is 11.1 Å². The second-order valence-corrected chi connectivity index (χ2v) is 4.21. The molecule has 0 aliphatic heterocycles. The number of carbonyl (C=O) groups excluding carboxylic acids is 1. The second kappa shape index (κ2) is 5.08. The summed E-state index contributed by atoms with van der Waals surface area (Å²) >= 11 is 0. The smallest absolute Gasteiger partial charge is 0.176 e. The van der Waals surface area contributed by atoms with Crippen LogP contribution in [0.15, 0.2) is 18.2 Å². The van der Waals surface area contributed by atoms with E-state index in [2.05, 4.69) is 5.32 Å². The minimum absolute atomic E-state index is 0.171. The number of nitrogens with one attached hydrogen (secondary N) is 1. The number of aryl methyl sites for hydroxylation is 1. The van der Waals surface area contributed by atoms with Crippen molar-refractivity contribution in [3.63, 3.8) is 0 Å². The lowest BCUT2D eigenvalue weighted by atomic mass is 10.0. The van der Waals surface area contributed by atoms with E-state index in [4.69, 9.17) is 0 Å². The van der Waals surface area contributed by atoms with Gasteiger partial charge in [0.2, 0.25) is 0 Å². The van der Waals surface area contributed by atoms with Crippen LogP contribution < -0.4 is 5.32 Å². The topological polar surface area (TPSA) is 29.1 Å². The van der Waals surface area contributed by atoms with Crippen LogP contribution in [-0.2, 0) is 0 Å². The Hall–Kier alpha value is -1.15. The molecule has 0 aromatic heterocycles. The minimum atomic E-state index is 0.171. The third kappa shape index (κ3) is 3.17. The van der Waals surface area contributed by atoms with Crippen molar-refractivity contribution in [3.05, 3.63) is 34.9 Å². The highest BCUT2D eigenvalue weighted by Gasteiger charge is 2.09. The molecule has 2 heteroatoms. The number of hydrogen-bond donors (Lipinski definition) is 1. The van der Waals surface area contributed by atoms with Gasteiger partial charge in [0, 0.05) is 11.6 Å². The summed E-state index contributed by atoms with van der Waals surface area (Å²) in [5, 5.41) is 3.14. The van der Waals surface area contributed by atoms with Crippen molar-refractivity contribution in [2.24, 2.45) is 0 Å². The van der Waals surface area contributed by atoms with Crippen LogP contribution in [0.2, 0.25) is 0 Å². The number of Topliss-reactive ketones (excluding diaryl/α,β-unsaturated/α-hetero) is 1. The zero-order valence-corrected chi connectivity index (χ0v) is 9.92. The van der Waals surface area contributed by atoms with Gasteiger partial charge in [0.05, 0.1) is 6.54 Å². The lowest BCUT2D eigenvalue weighted by Gasteiger charge is -2.10. The molecule has 0 spiro atoms. The number of hydrogen-bond acceptors (Lipinski definition) is 2. The highest BCUT2D eigenvalue weighted by Crippen LogP contribution is 2.12. The molecule has 1 aromatic rings. The highest BCUT2D eigenvalue weighted by molar-refractivity contribution is 5.99. The standard InChI is InChI=1S/C13H19NO/c1-9(2)14-8-13(15)12-7-5-6-10(3)11(12)4/h5-7,9,14H,8H2,1-4H3. The average Bonchev–Trinajstić information content (AvgIpc) is 2.18. The molecule has 1 N–H and O–H groups in total. The van der Waals surface area contributed by atoms with E-state index in [1.54, 1.807) is 0 Å². The molecule has 0 unspecified atom stereocenters. The van der Waals surface area contributed by atoms with E-state index in [-0.39, 0.29) is 5.78 Å². The van der Waals surface area contributed by atoms with Gasteiger partial charge in [-0.05, 0) is 25.0 Å². The second-order valence-electron chi connectivity index (χ2n) is 4.21. The molecule has 0 bridgehead atoms. The van der Waals surface area contributed by atoms with Crippen LogP contribution in [0.1, 0.15) is 35.3 Å². The lowest BCUT2D eigenvalue weighted by Crippen LogP contribution is -2.29. The van der Waals surface area contributed by atoms with Crippen LogP contribution in [0.25, 0.3) is 0 Å². The lowest BCUT2D eigenvalue weighted by molar-refractivity contribution is 0.0988. The quantitative estimate of drug-likeness (QED) is 0.765. The third-order valence-electron chi connectivity index (χ3n) is 2.58. The number of carbonyl (C=O) groups is 1. The van der Waals surface area contributed by atoms with Crippen LogP contribution in [0.4, 0.5) is 0 Å². The molecule has 0 amide bonds. The molecular formula is C13H19NO. The van der Waals surface area contributed by atoms with Gasteiger partial charge >= 0.3 is 0 Å². The van der Waals surface area contributed by atoms with Crippen molar-refractivity contribution >= 4 is 5.78 Å². The van der Waals surface area contributed by atoms with Gasteiger partial charge in [-0.15, -0.1) is 0 Å². The maximum Gasteiger partial charge on any atom is 0.176 e. The monoisotopic (exact) mass is 205 g/mol. The maximum absolute atomic E-state index is 11.9. The van der Waals surface area contributed by atoms with Crippen LogP contribution >= 0.6 is 0 Å². The Balaban J connectivity index is 2.78. The van der Waals surface area contributed by atoms with Crippen molar-refractivity contribution in [2.75, 3.05) is 6.54 Å². The highest BCUT2D eigenvalue weighted by atomic mass is 16.1. The van der Waals surface area contributed by atoms with Crippen LogP contribution in [0.5, 0.6) is 0 Å². The first-order valence-electron chi connectivity index (χ1n) is 5.35. The summed E-state index contributed by atoms with van der Waals surface area (Å²) in [5.41, 5.74) is 3.10. The first-order chi connectivity index (χ1) is 7.02. The predicted octanol–water partition coefficient (Wildman–Crippen LogP) is 2.48. The average molecular weight is 205 g/mol. The molecule has 0 saturated carbocycles. The van der Waals surface area contributed by atoms with Gasteiger partial charge in [-0.2, -0.15) is 0 Å². The zero-order chi connectivity index (χ0) is 11.4. The largest absolute Gasteiger partial charge is 0.307 e. The molecule has 0 aliphatic rings. The van der Waals surface area contributed by atoms with Gasteiger partial charge < -0.3 is 5.32 Å². The van der Waals surface area contributed by atoms with Gasteiger partial charge in [-0.3, -0.25) is 4.79 Å². The van der Waals surface area contributed by atoms with Crippen molar-refractivity contribution in [2.45, 2.75) is 33.7 Å². The predicted molar refractivity (Wildman–Crippen MR) is 63.4 cm³/mol. The van der Waals surface area contributed by atoms with Gasteiger partial charge in [-0.1, -0.05) is 32.0 Å². The Labute approximate surface area is 91.7 Å². The molecule has 2 nitrogen and oxygen atoms in total. The summed E-state index contributed by atoms with van der Waals surface area (Å²) < 4.78 is 0. The molecule has 0 aliphatic carbocycles. The van der Waals surface area contributed by atoms with Crippen LogP contribution in [-0.4, -0.2) is 18.4 Å². The van der Waals surface area contributed by atoms with E-state index < -0.39 is 0 Å². The molecule has 0 atom stereocenters. The van der Waals surface area contributed by atoms with Crippen molar-refractivity contribution < 1.29 is 4.79 Å². The van der Waals surface area contributed by atoms with Crippen LogP contribution in [0.3, 0.4) is 0 Å². The molecule has 15 heavy (non-hydrogen) atoms. The third-order valence-corrected chi connectivity index (χ3v) is 2.58. The van der Waals surface area contributed by atoms with Gasteiger partial charge in [0.1, 0.15) is 0 Å². The number of benzene rings is 1. The van der Waals surface area contributed by atoms with Crippen molar-refractivity contribution in [3.8, 4) is 0 Å². The number of rotatable bonds is 4. The van der Waals surface area contributed by atoms with E-state index >= 15 is 0 Å². The molecule has 0 heterocycles. The fraction of sp³-hybridized carbons (Fsp3) is 0.462. The Morgan fingerprint density at radius 2 is 2.00 bits per heavy atom. The molecule has 1 rings (SSSR count). The van der Waals surface area contributed by atoms with Gasteiger partial charge in [0.15, 0.2) is 5.78 Å². The fourth-order valence-corrected chi connectivity index (χ4v) is 1.45. The number of ketones is 1. The maximum atomic E-state index is 11.9. The van der Waals surface area contributed by atoms with E-state index in [1.165, 1.54) is 5.56 Å². The van der Waals surface area contributed by atoms with Crippen molar-refractivity contribution in [1.29, 1.82) is 0 Å². The Kier molecular flexibility index (Phi) is 4.04. The van der Waals surface area contributed by atoms with Gasteiger partial charge in [-0.25, -0.2) is 0 Å². The minimum Gasteiger partial charge on any atom is -0.307 e. The fourth-order valence-electron chi connectivity index (χ4n) is 1.45. The Bertz CT molecular complexity index is 356. The normalized spacial score (nSPS) is 10.7. The van der Waals surface area contributed by atoms with E-state index in [0.29, 0.717) is 12.6 Å². The van der Waals surface area contributed by atoms with E-state index in [1.807, 2.05) is 45.9 Å². The van der Waals surface area contributed by atoms with Gasteiger partial charge in [0.25, 0.3) is 0 Å². The molecule has 1 aromatic carbocycles. The molecule has 0 fully saturated rings. The Morgan fingerprint density at radius 3 is 2.60 bits per heavy atom. The Morgan fingerprint density at radius 1 is 1.33 bits per heavy atom. The van der Waals surface area contributed by atoms with Crippen molar-refractivity contribution in [1.82, 2.24) is 5.32 Å².